The molecule has 2 rings (SSSR count). The van der Waals surface area contributed by atoms with Gasteiger partial charge in [-0.05, 0) is 63.2 Å². The molecule has 2 aliphatic rings. The topological polar surface area (TPSA) is 0 Å². The quantitative estimate of drug-likeness (QED) is 0.296. The Morgan fingerprint density at radius 1 is 0.905 bits per heavy atom. The van der Waals surface area contributed by atoms with Gasteiger partial charge in [-0.15, -0.1) is 0 Å². The molecule has 0 saturated carbocycles. The van der Waals surface area contributed by atoms with E-state index in [4.69, 9.17) is 11.1 Å². The van der Waals surface area contributed by atoms with Gasteiger partial charge in [0.1, 0.15) is 0 Å². The van der Waals surface area contributed by atoms with Crippen LogP contribution < -0.4 is 0 Å². The third kappa shape index (κ3) is 6.84. The molecular weight excluding hydrogens is 292 g/mol. The molecule has 21 heavy (non-hydrogen) atoms. The summed E-state index contributed by atoms with van der Waals surface area (Å²) in [6.07, 6.45) is 28.8. The minimum atomic E-state index is 0.435. The van der Waals surface area contributed by atoms with E-state index in [-0.39, 0.29) is 0 Å². The lowest BCUT2D eigenvalue weighted by atomic mass is 9.91. The van der Waals surface area contributed by atoms with Crippen LogP contribution in [0.2, 0.25) is 5.54 Å². The van der Waals surface area contributed by atoms with E-state index in [2.05, 4.69) is 48.6 Å². The van der Waals surface area contributed by atoms with Crippen molar-refractivity contribution >= 4 is 19.9 Å². The molecule has 2 heteroatoms. The molecule has 2 unspecified atom stereocenters. The van der Waals surface area contributed by atoms with Crippen molar-refractivity contribution in [2.75, 3.05) is 0 Å². The zero-order valence-electron chi connectivity index (χ0n) is 12.9. The molecule has 0 saturated heterocycles. The maximum absolute atomic E-state index is 6.11. The maximum Gasteiger partial charge on any atom is 0.183 e. The van der Waals surface area contributed by atoms with Crippen molar-refractivity contribution in [3.05, 3.63) is 48.6 Å². The third-order valence-electron chi connectivity index (χ3n) is 4.51. The molecule has 0 aromatic rings. The highest BCUT2D eigenvalue weighted by molar-refractivity contribution is 6.95. The molecule has 2 atom stereocenters. The molecule has 0 fully saturated rings. The fourth-order valence-corrected chi connectivity index (χ4v) is 3.97. The summed E-state index contributed by atoms with van der Waals surface area (Å²) in [7, 11) is 0.457. The van der Waals surface area contributed by atoms with Crippen LogP contribution in [0.3, 0.4) is 0 Å². The summed E-state index contributed by atoms with van der Waals surface area (Å²) in [6.45, 7) is 0. The second kappa shape index (κ2) is 10.2. The van der Waals surface area contributed by atoms with Crippen LogP contribution in [0, 0.1) is 11.8 Å². The zero-order valence-corrected chi connectivity index (χ0v) is 14.6. The second-order valence-electron chi connectivity index (χ2n) is 6.26. The van der Waals surface area contributed by atoms with Gasteiger partial charge in [0.05, 0.1) is 0 Å². The van der Waals surface area contributed by atoms with E-state index in [1.807, 2.05) is 0 Å². The van der Waals surface area contributed by atoms with Gasteiger partial charge < -0.3 is 0 Å². The Balaban J connectivity index is 1.68. The van der Waals surface area contributed by atoms with Crippen LogP contribution in [-0.4, -0.2) is 8.83 Å². The van der Waals surface area contributed by atoms with Crippen LogP contribution in [0.15, 0.2) is 48.6 Å². The molecule has 0 aromatic heterocycles. The minimum Gasteiger partial charge on any atom is -0.170 e. The Morgan fingerprint density at radius 3 is 1.81 bits per heavy atom. The molecule has 2 radical (unpaired) electrons. The van der Waals surface area contributed by atoms with Gasteiger partial charge >= 0.3 is 0 Å². The van der Waals surface area contributed by atoms with Crippen molar-refractivity contribution in [2.45, 2.75) is 56.9 Å². The smallest absolute Gasteiger partial charge is 0.170 e. The van der Waals surface area contributed by atoms with Gasteiger partial charge in [-0.3, -0.25) is 0 Å². The molecule has 0 bridgehead atoms. The van der Waals surface area contributed by atoms with Crippen molar-refractivity contribution < 1.29 is 0 Å². The summed E-state index contributed by atoms with van der Waals surface area (Å²) in [5, 5.41) is 0. The highest BCUT2D eigenvalue weighted by atomic mass is 35.6. The predicted octanol–water partition coefficient (Wildman–Crippen LogP) is 6.24. The normalized spacial score (nSPS) is 27.7. The molecule has 114 valence electrons. The predicted molar refractivity (Wildman–Crippen MR) is 95.8 cm³/mol. The minimum absolute atomic E-state index is 0.435. The summed E-state index contributed by atoms with van der Waals surface area (Å²) in [5.74, 6) is 1.70. The summed E-state index contributed by atoms with van der Waals surface area (Å²) in [6, 6.07) is 0. The summed E-state index contributed by atoms with van der Waals surface area (Å²) in [5.41, 5.74) is 0.435. The van der Waals surface area contributed by atoms with Crippen LogP contribution in [0.5, 0.6) is 0 Å². The summed E-state index contributed by atoms with van der Waals surface area (Å²) >= 11 is 6.11. The molecule has 2 aliphatic carbocycles. The average molecular weight is 319 g/mol. The first kappa shape index (κ1) is 16.8. The molecular formula is C19H27ClSi. The van der Waals surface area contributed by atoms with Crippen molar-refractivity contribution in [2.24, 2.45) is 11.8 Å². The molecule has 0 aromatic carbocycles. The Labute approximate surface area is 137 Å². The summed E-state index contributed by atoms with van der Waals surface area (Å²) in [4.78, 5) is 0. The Bertz CT molecular complexity index is 358. The standard InChI is InChI=1S/C19H27ClSi/c20-21-19(15-7-13-17-9-3-1-4-10-17)16-8-14-18-11-5-2-6-12-18/h1-3,5,7-8,15-19H,4,6,9-14H2. The van der Waals surface area contributed by atoms with Crippen LogP contribution in [0.4, 0.5) is 0 Å². The molecule has 0 heterocycles. The number of halogens is 1. The Morgan fingerprint density at radius 2 is 1.43 bits per heavy atom. The van der Waals surface area contributed by atoms with E-state index in [0.29, 0.717) is 14.4 Å². The van der Waals surface area contributed by atoms with E-state index < -0.39 is 0 Å². The van der Waals surface area contributed by atoms with Crippen LogP contribution in [-0.2, 0) is 0 Å². The van der Waals surface area contributed by atoms with E-state index >= 15 is 0 Å². The van der Waals surface area contributed by atoms with E-state index in [9.17, 15) is 0 Å². The van der Waals surface area contributed by atoms with Crippen LogP contribution >= 0.6 is 11.1 Å². The molecule has 0 spiro atoms. The third-order valence-corrected chi connectivity index (χ3v) is 5.90. The van der Waals surface area contributed by atoms with Gasteiger partial charge in [0.2, 0.25) is 0 Å². The van der Waals surface area contributed by atoms with Gasteiger partial charge in [-0.1, -0.05) is 48.6 Å². The lowest BCUT2D eigenvalue weighted by Gasteiger charge is -2.16. The van der Waals surface area contributed by atoms with Crippen molar-refractivity contribution in [1.29, 1.82) is 0 Å². The number of allylic oxidation sites excluding steroid dienone is 8. The van der Waals surface area contributed by atoms with Gasteiger partial charge in [0.15, 0.2) is 8.83 Å². The number of hydrogen-bond acceptors (Lipinski definition) is 0. The molecule has 0 aliphatic heterocycles. The van der Waals surface area contributed by atoms with Crippen LogP contribution in [0.25, 0.3) is 0 Å². The van der Waals surface area contributed by atoms with E-state index in [1.165, 1.54) is 51.4 Å². The average Bonchev–Trinajstić information content (AvgIpc) is 2.55. The largest absolute Gasteiger partial charge is 0.183 e. The lowest BCUT2D eigenvalue weighted by Crippen LogP contribution is -2.01. The van der Waals surface area contributed by atoms with Gasteiger partial charge in [-0.25, -0.2) is 0 Å². The van der Waals surface area contributed by atoms with Gasteiger partial charge in [0, 0.05) is 5.54 Å². The fraction of sp³-hybridized carbons (Fsp3) is 0.579. The Hall–Kier alpha value is -0.533. The van der Waals surface area contributed by atoms with Gasteiger partial charge in [0.25, 0.3) is 0 Å². The monoisotopic (exact) mass is 318 g/mol. The fourth-order valence-electron chi connectivity index (χ4n) is 3.11. The SMILES string of the molecule is Cl[Si]C(C=CCC1CC=CCC1)C=CCC1CC=CCC1. The zero-order chi connectivity index (χ0) is 14.8. The Kier molecular flexibility index (Phi) is 8.20. The van der Waals surface area contributed by atoms with Crippen molar-refractivity contribution in [1.82, 2.24) is 0 Å². The van der Waals surface area contributed by atoms with E-state index in [0.717, 1.165) is 11.8 Å². The van der Waals surface area contributed by atoms with Crippen molar-refractivity contribution in [3.8, 4) is 0 Å². The lowest BCUT2D eigenvalue weighted by molar-refractivity contribution is 0.485. The maximum atomic E-state index is 6.11. The van der Waals surface area contributed by atoms with Crippen LogP contribution in [0.1, 0.15) is 51.4 Å². The highest BCUT2D eigenvalue weighted by Crippen LogP contribution is 2.24. The molecule has 0 amide bonds. The number of rotatable bonds is 7. The summed E-state index contributed by atoms with van der Waals surface area (Å²) < 4.78 is 0. The first-order chi connectivity index (χ1) is 10.4. The highest BCUT2D eigenvalue weighted by Gasteiger charge is 2.09. The number of hydrogen-bond donors (Lipinski definition) is 0. The molecule has 0 N–H and O–H groups in total. The van der Waals surface area contributed by atoms with Crippen molar-refractivity contribution in [3.63, 3.8) is 0 Å². The van der Waals surface area contributed by atoms with Gasteiger partial charge in [-0.2, -0.15) is 11.1 Å². The first-order valence-electron chi connectivity index (χ1n) is 8.38. The molecule has 0 nitrogen and oxygen atoms in total. The first-order valence-corrected chi connectivity index (χ1v) is 10.5. The van der Waals surface area contributed by atoms with E-state index in [1.54, 1.807) is 0 Å². The second-order valence-corrected chi connectivity index (χ2v) is 7.80.